The Morgan fingerprint density at radius 3 is 2.65 bits per heavy atom. The van der Waals surface area contributed by atoms with Gasteiger partial charge in [-0.2, -0.15) is 0 Å². The van der Waals surface area contributed by atoms with Gasteiger partial charge in [0.2, 0.25) is 5.91 Å². The van der Waals surface area contributed by atoms with Gasteiger partial charge in [0.05, 0.1) is 18.5 Å². The molecule has 1 rings (SSSR count). The van der Waals surface area contributed by atoms with Crippen LogP contribution in [0.2, 0.25) is 0 Å². The SMILES string of the molecule is CCN(CC(=O)OC)C(=O)Cc1cccc([N+](=O)[O-])c1. The summed E-state index contributed by atoms with van der Waals surface area (Å²) < 4.78 is 4.51. The maximum atomic E-state index is 12.0. The van der Waals surface area contributed by atoms with E-state index in [0.717, 1.165) is 0 Å². The van der Waals surface area contributed by atoms with Crippen LogP contribution in [0.15, 0.2) is 24.3 Å². The molecule has 1 aromatic rings. The van der Waals surface area contributed by atoms with E-state index in [0.29, 0.717) is 12.1 Å². The van der Waals surface area contributed by atoms with Crippen LogP contribution in [0.1, 0.15) is 12.5 Å². The summed E-state index contributed by atoms with van der Waals surface area (Å²) in [7, 11) is 1.25. The summed E-state index contributed by atoms with van der Waals surface area (Å²) in [6.45, 7) is 1.98. The van der Waals surface area contributed by atoms with Gasteiger partial charge in [0.15, 0.2) is 0 Å². The van der Waals surface area contributed by atoms with Crippen molar-refractivity contribution in [2.75, 3.05) is 20.2 Å². The van der Waals surface area contributed by atoms with E-state index < -0.39 is 10.9 Å². The Balaban J connectivity index is 2.75. The molecule has 0 aliphatic heterocycles. The number of carbonyl (C=O) groups is 2. The fourth-order valence-electron chi connectivity index (χ4n) is 1.66. The lowest BCUT2D eigenvalue weighted by molar-refractivity contribution is -0.384. The lowest BCUT2D eigenvalue weighted by Crippen LogP contribution is -2.37. The molecule has 1 aromatic carbocycles. The van der Waals surface area contributed by atoms with Crippen LogP contribution in [0, 0.1) is 10.1 Å². The third-order valence-corrected chi connectivity index (χ3v) is 2.76. The van der Waals surface area contributed by atoms with Crippen molar-refractivity contribution in [2.45, 2.75) is 13.3 Å². The highest BCUT2D eigenvalue weighted by Gasteiger charge is 2.17. The average molecular weight is 280 g/mol. The molecule has 0 unspecified atom stereocenters. The number of hydrogen-bond donors (Lipinski definition) is 0. The zero-order valence-electron chi connectivity index (χ0n) is 11.4. The Labute approximate surface area is 116 Å². The largest absolute Gasteiger partial charge is 0.468 e. The molecule has 0 aliphatic carbocycles. The van der Waals surface area contributed by atoms with E-state index in [9.17, 15) is 19.7 Å². The number of esters is 1. The van der Waals surface area contributed by atoms with Crippen LogP contribution < -0.4 is 0 Å². The Hall–Kier alpha value is -2.44. The quantitative estimate of drug-likeness (QED) is 0.443. The summed E-state index contributed by atoms with van der Waals surface area (Å²) in [6.07, 6.45) is 0.00646. The van der Waals surface area contributed by atoms with Crippen LogP contribution in [-0.4, -0.2) is 41.9 Å². The molecule has 0 aromatic heterocycles. The Morgan fingerprint density at radius 2 is 2.10 bits per heavy atom. The molecule has 0 atom stereocenters. The fourth-order valence-corrected chi connectivity index (χ4v) is 1.66. The highest BCUT2D eigenvalue weighted by atomic mass is 16.6. The molecule has 1 amide bonds. The minimum atomic E-state index is -0.514. The molecule has 7 nitrogen and oxygen atoms in total. The van der Waals surface area contributed by atoms with Crippen molar-refractivity contribution in [1.82, 2.24) is 4.90 Å². The van der Waals surface area contributed by atoms with Gasteiger partial charge in [-0.05, 0) is 12.5 Å². The minimum Gasteiger partial charge on any atom is -0.468 e. The van der Waals surface area contributed by atoms with Crippen molar-refractivity contribution >= 4 is 17.6 Å². The predicted octanol–water partition coefficient (Wildman–Crippen LogP) is 1.16. The number of carbonyl (C=O) groups excluding carboxylic acids is 2. The molecule has 0 spiro atoms. The van der Waals surface area contributed by atoms with E-state index in [-0.39, 0.29) is 24.6 Å². The number of nitro benzene ring substituents is 1. The second-order valence-corrected chi connectivity index (χ2v) is 4.09. The third kappa shape index (κ3) is 4.34. The molecule has 7 heteroatoms. The van der Waals surface area contributed by atoms with Crippen molar-refractivity contribution in [3.8, 4) is 0 Å². The molecule has 0 aliphatic rings. The van der Waals surface area contributed by atoms with E-state index in [4.69, 9.17) is 0 Å². The van der Waals surface area contributed by atoms with Gasteiger partial charge in [-0.15, -0.1) is 0 Å². The van der Waals surface area contributed by atoms with Crippen molar-refractivity contribution in [2.24, 2.45) is 0 Å². The summed E-state index contributed by atoms with van der Waals surface area (Å²) >= 11 is 0. The first-order valence-corrected chi connectivity index (χ1v) is 6.05. The standard InChI is InChI=1S/C13H16N2O5/c1-3-14(9-13(17)20-2)12(16)8-10-5-4-6-11(7-10)15(18)19/h4-7H,3,8-9H2,1-2H3. The normalized spacial score (nSPS) is 9.90. The lowest BCUT2D eigenvalue weighted by Gasteiger charge is -2.19. The zero-order valence-corrected chi connectivity index (χ0v) is 11.4. The molecule has 20 heavy (non-hydrogen) atoms. The van der Waals surface area contributed by atoms with Crippen molar-refractivity contribution in [3.05, 3.63) is 39.9 Å². The number of nitro groups is 1. The number of amides is 1. The molecule has 0 saturated heterocycles. The van der Waals surface area contributed by atoms with Crippen LogP contribution >= 0.6 is 0 Å². The van der Waals surface area contributed by atoms with E-state index in [1.807, 2.05) is 0 Å². The number of hydrogen-bond acceptors (Lipinski definition) is 5. The first-order valence-electron chi connectivity index (χ1n) is 6.05. The topological polar surface area (TPSA) is 89.8 Å². The molecule has 108 valence electrons. The highest BCUT2D eigenvalue weighted by Crippen LogP contribution is 2.14. The molecule has 0 saturated carbocycles. The third-order valence-electron chi connectivity index (χ3n) is 2.76. The van der Waals surface area contributed by atoms with Crippen molar-refractivity contribution < 1.29 is 19.2 Å². The molecule has 0 fully saturated rings. The molecular formula is C13H16N2O5. The number of benzene rings is 1. The Kier molecular flexibility index (Phi) is 5.64. The van der Waals surface area contributed by atoms with Gasteiger partial charge in [0.25, 0.3) is 5.69 Å². The molecule has 0 bridgehead atoms. The summed E-state index contributed by atoms with van der Waals surface area (Å²) in [5.41, 5.74) is 0.471. The summed E-state index contributed by atoms with van der Waals surface area (Å²) in [4.78, 5) is 34.7. The van der Waals surface area contributed by atoms with Gasteiger partial charge >= 0.3 is 5.97 Å². The lowest BCUT2D eigenvalue weighted by atomic mass is 10.1. The fraction of sp³-hybridized carbons (Fsp3) is 0.385. The first-order chi connectivity index (χ1) is 9.47. The Bertz CT molecular complexity index is 515. The minimum absolute atomic E-state index is 0.00646. The van der Waals surface area contributed by atoms with E-state index in [1.54, 1.807) is 13.0 Å². The van der Waals surface area contributed by atoms with Crippen LogP contribution in [0.5, 0.6) is 0 Å². The number of ether oxygens (including phenoxy) is 1. The second kappa shape index (κ2) is 7.22. The highest BCUT2D eigenvalue weighted by molar-refractivity contribution is 5.83. The van der Waals surface area contributed by atoms with Crippen LogP contribution in [0.3, 0.4) is 0 Å². The maximum absolute atomic E-state index is 12.0. The van der Waals surface area contributed by atoms with Gasteiger partial charge in [0, 0.05) is 18.7 Å². The van der Waals surface area contributed by atoms with Crippen LogP contribution in [0.4, 0.5) is 5.69 Å². The van der Waals surface area contributed by atoms with Crippen LogP contribution in [-0.2, 0) is 20.7 Å². The van der Waals surface area contributed by atoms with Gasteiger partial charge in [-0.1, -0.05) is 12.1 Å². The van der Waals surface area contributed by atoms with Gasteiger partial charge in [-0.3, -0.25) is 19.7 Å². The molecule has 0 radical (unpaired) electrons. The zero-order chi connectivity index (χ0) is 15.1. The van der Waals surface area contributed by atoms with E-state index >= 15 is 0 Å². The average Bonchev–Trinajstić information content (AvgIpc) is 2.44. The number of non-ortho nitro benzene ring substituents is 1. The number of rotatable bonds is 6. The number of nitrogens with zero attached hydrogens (tertiary/aromatic N) is 2. The van der Waals surface area contributed by atoms with Gasteiger partial charge < -0.3 is 9.64 Å². The summed E-state index contributed by atoms with van der Waals surface area (Å²) in [5.74, 6) is -0.780. The maximum Gasteiger partial charge on any atom is 0.325 e. The molecule has 0 heterocycles. The van der Waals surface area contributed by atoms with Crippen LogP contribution in [0.25, 0.3) is 0 Å². The monoisotopic (exact) mass is 280 g/mol. The van der Waals surface area contributed by atoms with Gasteiger partial charge in [-0.25, -0.2) is 0 Å². The molecular weight excluding hydrogens is 264 g/mol. The number of likely N-dealkylation sites (N-methyl/N-ethyl adjacent to an activating group) is 1. The smallest absolute Gasteiger partial charge is 0.325 e. The summed E-state index contributed by atoms with van der Waals surface area (Å²) in [6, 6.07) is 5.87. The predicted molar refractivity (Wildman–Crippen MR) is 71.1 cm³/mol. The molecule has 0 N–H and O–H groups in total. The van der Waals surface area contributed by atoms with E-state index in [2.05, 4.69) is 4.74 Å². The number of methoxy groups -OCH3 is 1. The Morgan fingerprint density at radius 1 is 1.40 bits per heavy atom. The summed E-state index contributed by atoms with van der Waals surface area (Å²) in [5, 5.41) is 10.7. The first kappa shape index (κ1) is 15.6. The van der Waals surface area contributed by atoms with E-state index in [1.165, 1.54) is 30.2 Å². The van der Waals surface area contributed by atoms with Crippen molar-refractivity contribution in [3.63, 3.8) is 0 Å². The second-order valence-electron chi connectivity index (χ2n) is 4.09. The van der Waals surface area contributed by atoms with Gasteiger partial charge in [0.1, 0.15) is 6.54 Å². The van der Waals surface area contributed by atoms with Crippen molar-refractivity contribution in [1.29, 1.82) is 0 Å².